The molecule has 0 unspecified atom stereocenters. The number of nitrogens with zero attached hydrogens (tertiary/aromatic N) is 2. The van der Waals surface area contributed by atoms with Gasteiger partial charge in [0, 0.05) is 25.1 Å². The minimum atomic E-state index is -9.87. The van der Waals surface area contributed by atoms with E-state index in [0.29, 0.717) is 0 Å². The van der Waals surface area contributed by atoms with Gasteiger partial charge in [-0.05, 0) is 0 Å². The van der Waals surface area contributed by atoms with E-state index in [0.717, 1.165) is 14.1 Å². The highest BCUT2D eigenvalue weighted by Crippen LogP contribution is 2.68. The van der Waals surface area contributed by atoms with Crippen molar-refractivity contribution in [3.05, 3.63) is 0 Å². The molecule has 0 heterocycles. The minimum Gasteiger partial charge on any atom is -0.748 e. The van der Waals surface area contributed by atoms with E-state index in [1.165, 1.54) is 0 Å². The lowest BCUT2D eigenvalue weighted by molar-refractivity contribution is -0.890. The third-order valence-corrected chi connectivity index (χ3v) is 10.3. The first-order valence-corrected chi connectivity index (χ1v) is 16.9. The first-order chi connectivity index (χ1) is 24.7. The summed E-state index contributed by atoms with van der Waals surface area (Å²) < 4.78 is 398. The molecule has 0 saturated carbocycles. The Labute approximate surface area is 306 Å². The third-order valence-electron chi connectivity index (χ3n) is 7.57. The Bertz CT molecular complexity index is 1710. The topological polar surface area (TPSA) is 132 Å². The molecule has 1 N–H and O–H groups in total. The van der Waals surface area contributed by atoms with Crippen LogP contribution in [0.2, 0.25) is 0 Å². The summed E-state index contributed by atoms with van der Waals surface area (Å²) in [7, 11) is -10.9. The van der Waals surface area contributed by atoms with Gasteiger partial charge in [0.1, 0.15) is 6.54 Å². The molecule has 0 aromatic rings. The Morgan fingerprint density at radius 2 is 0.793 bits per heavy atom. The zero-order chi connectivity index (χ0) is 47.6. The maximum Gasteiger partial charge on any atom is 0.460 e. The van der Waals surface area contributed by atoms with Crippen LogP contribution in [-0.4, -0.2) is 158 Å². The summed E-state index contributed by atoms with van der Waals surface area (Å²) in [5, 5.41) is 0.491. The second kappa shape index (κ2) is 15.4. The number of aliphatic carboxylic acids is 1. The summed E-state index contributed by atoms with van der Waals surface area (Å²) >= 11 is 0. The van der Waals surface area contributed by atoms with Crippen LogP contribution in [0.5, 0.6) is 0 Å². The van der Waals surface area contributed by atoms with Crippen LogP contribution in [0.4, 0.5) is 110 Å². The number of quaternary nitrogens is 1. The van der Waals surface area contributed by atoms with E-state index in [9.17, 15) is 136 Å². The van der Waals surface area contributed by atoms with Gasteiger partial charge in [-0.3, -0.25) is 4.79 Å². The monoisotopic (exact) mass is 964 g/mol. The second-order valence-corrected chi connectivity index (χ2v) is 15.8. The van der Waals surface area contributed by atoms with Crippen molar-refractivity contribution in [3.8, 4) is 0 Å². The lowest BCUT2D eigenvalue weighted by Crippen LogP contribution is -2.78. The summed E-state index contributed by atoms with van der Waals surface area (Å²) in [4.78, 5) is 11.0. The molecule has 348 valence electrons. The van der Waals surface area contributed by atoms with E-state index < -0.39 is 150 Å². The van der Waals surface area contributed by atoms with Gasteiger partial charge in [0.15, 0.2) is 0 Å². The fourth-order valence-corrected chi connectivity index (χ4v) is 6.06. The van der Waals surface area contributed by atoms with Crippen molar-refractivity contribution in [2.45, 2.75) is 83.5 Å². The molecule has 0 aliphatic carbocycles. The first kappa shape index (κ1) is 55.5. The molecule has 0 fully saturated rings. The van der Waals surface area contributed by atoms with E-state index in [1.54, 1.807) is 0 Å². The zero-order valence-corrected chi connectivity index (χ0v) is 29.1. The number of carbonyl (C=O) groups is 1. The van der Waals surface area contributed by atoms with E-state index in [1.807, 2.05) is 0 Å². The van der Waals surface area contributed by atoms with Crippen molar-refractivity contribution in [2.75, 3.05) is 46.0 Å². The molecule has 0 rings (SSSR count). The molecule has 0 aliphatic heterocycles. The van der Waals surface area contributed by atoms with Gasteiger partial charge in [-0.2, -0.15) is 114 Å². The van der Waals surface area contributed by atoms with Crippen LogP contribution in [0.3, 0.4) is 0 Å². The lowest BCUT2D eigenvalue weighted by Gasteiger charge is -2.45. The maximum absolute atomic E-state index is 14.7. The highest BCUT2D eigenvalue weighted by Gasteiger charge is 3.00. The summed E-state index contributed by atoms with van der Waals surface area (Å²) in [5.74, 6) is -98.8. The Balaban J connectivity index is 7.29. The third kappa shape index (κ3) is 8.66. The van der Waals surface area contributed by atoms with Crippen LogP contribution in [-0.2, 0) is 24.9 Å². The summed E-state index contributed by atoms with van der Waals surface area (Å²) in [6.07, 6.45) is -9.96. The van der Waals surface area contributed by atoms with Crippen LogP contribution in [0.1, 0.15) is 12.8 Å². The Morgan fingerprint density at radius 1 is 0.517 bits per heavy atom. The van der Waals surface area contributed by atoms with E-state index in [4.69, 9.17) is 5.11 Å². The Hall–Kier alpha value is -2.50. The molecule has 0 atom stereocenters. The zero-order valence-electron chi connectivity index (χ0n) is 27.5. The minimum absolute atomic E-state index is 0.424. The highest BCUT2D eigenvalue weighted by molar-refractivity contribution is 7.90. The normalized spacial score (nSPS) is 16.3. The fourth-order valence-electron chi connectivity index (χ4n) is 4.15. The Kier molecular flexibility index (Phi) is 14.8. The second-order valence-electron chi connectivity index (χ2n) is 12.3. The molecular formula is C22H21F25N2O7S2. The summed E-state index contributed by atoms with van der Waals surface area (Å²) in [5.41, 5.74) is 0. The lowest BCUT2D eigenvalue weighted by atomic mass is 9.85. The first-order valence-electron chi connectivity index (χ1n) is 13.9. The van der Waals surface area contributed by atoms with Crippen LogP contribution >= 0.6 is 0 Å². The number of alkyl halides is 25. The van der Waals surface area contributed by atoms with Crippen molar-refractivity contribution >= 4 is 26.1 Å². The van der Waals surface area contributed by atoms with Gasteiger partial charge in [0.05, 0.1) is 37.3 Å². The van der Waals surface area contributed by atoms with Crippen molar-refractivity contribution in [3.63, 3.8) is 0 Å². The van der Waals surface area contributed by atoms with Gasteiger partial charge in [-0.25, -0.2) is 16.8 Å². The highest BCUT2D eigenvalue weighted by atomic mass is 32.2. The number of carboxylic acid groups (broad SMARTS) is 1. The largest absolute Gasteiger partial charge is 0.748 e. The molecule has 58 heavy (non-hydrogen) atoms. The van der Waals surface area contributed by atoms with E-state index in [2.05, 4.69) is 0 Å². The molecule has 0 aromatic carbocycles. The van der Waals surface area contributed by atoms with E-state index >= 15 is 0 Å². The number of carboxylic acids is 1. The standard InChI is InChI=1S/C22H21F25N2O7S2/c1-49(2,7-4-8-57(52,53)54)6-3-5-48(9-10(50)51)58(55,56)22(46,47)20(41,42)18(37,38)16(33,34)14(29,30)12(25,26)11(23,24)13(27,28)15(31,32)17(35,36)19(39,40)21(43,44)45/h3-9H2,1-2H3,(H-,50,51,52,53,54). The molecule has 0 spiro atoms. The van der Waals surface area contributed by atoms with Crippen molar-refractivity contribution in [2.24, 2.45) is 0 Å². The van der Waals surface area contributed by atoms with Gasteiger partial charge in [-0.15, -0.1) is 0 Å². The maximum atomic E-state index is 14.7. The molecule has 0 saturated heterocycles. The van der Waals surface area contributed by atoms with Crippen LogP contribution in [0, 0.1) is 0 Å². The number of hydrogen-bond acceptors (Lipinski definition) is 6. The van der Waals surface area contributed by atoms with Crippen molar-refractivity contribution in [1.82, 2.24) is 4.31 Å². The van der Waals surface area contributed by atoms with Gasteiger partial charge in [-0.1, -0.05) is 0 Å². The molecule has 0 aliphatic rings. The number of hydrogen-bond donors (Lipinski definition) is 1. The molecule has 0 radical (unpaired) electrons. The average Bonchev–Trinajstić information content (AvgIpc) is 2.97. The Morgan fingerprint density at radius 3 is 1.07 bits per heavy atom. The van der Waals surface area contributed by atoms with Crippen LogP contribution in [0.15, 0.2) is 0 Å². The van der Waals surface area contributed by atoms with Gasteiger partial charge in [0.2, 0.25) is 0 Å². The van der Waals surface area contributed by atoms with Crippen molar-refractivity contribution in [1.29, 1.82) is 0 Å². The fraction of sp³-hybridized carbons (Fsp3) is 0.955. The van der Waals surface area contributed by atoms with Crippen LogP contribution in [0.25, 0.3) is 0 Å². The van der Waals surface area contributed by atoms with Gasteiger partial charge >= 0.3 is 76.6 Å². The van der Waals surface area contributed by atoms with Gasteiger partial charge in [0.25, 0.3) is 10.0 Å². The molecule has 0 amide bonds. The van der Waals surface area contributed by atoms with Crippen molar-refractivity contribution < 1.29 is 146 Å². The smallest absolute Gasteiger partial charge is 0.460 e. The average molecular weight is 965 g/mol. The predicted octanol–water partition coefficient (Wildman–Crippen LogP) is 6.61. The molecule has 0 aromatic heterocycles. The number of rotatable bonds is 22. The van der Waals surface area contributed by atoms with Crippen LogP contribution < -0.4 is 0 Å². The molecule has 0 bridgehead atoms. The number of halogens is 25. The predicted molar refractivity (Wildman–Crippen MR) is 134 cm³/mol. The summed E-state index contributed by atoms with van der Waals surface area (Å²) in [6, 6.07) is 0. The molecule has 36 heteroatoms. The van der Waals surface area contributed by atoms with Gasteiger partial charge < -0.3 is 14.1 Å². The summed E-state index contributed by atoms with van der Waals surface area (Å²) in [6.45, 7) is -5.72. The molecular weight excluding hydrogens is 943 g/mol. The number of sulfonamides is 1. The molecule has 9 nitrogen and oxygen atoms in total. The quantitative estimate of drug-likeness (QED) is 0.0735. The SMILES string of the molecule is C[N+](C)(CCCN(CC(=O)O)S(=O)(=O)C(F)(F)C(F)(F)C(F)(F)C(F)(F)C(F)(F)C(F)(F)C(F)(F)C(F)(F)C(F)(F)C(F)(F)C(F)(F)C(F)(F)F)CCCS(=O)(=O)[O-]. The van der Waals surface area contributed by atoms with E-state index in [-0.39, 0.29) is 0 Å².